The van der Waals surface area contributed by atoms with Crippen LogP contribution in [-0.4, -0.2) is 54.7 Å². The molecule has 0 aromatic rings. The van der Waals surface area contributed by atoms with Gasteiger partial charge in [-0.1, -0.05) is 13.8 Å². The molecule has 0 spiro atoms. The van der Waals surface area contributed by atoms with Crippen LogP contribution in [0, 0.1) is 11.8 Å². The maximum atomic E-state index is 11.4. The zero-order valence-corrected chi connectivity index (χ0v) is 11.1. The van der Waals surface area contributed by atoms with Crippen LogP contribution in [0.5, 0.6) is 0 Å². The number of hydrogen-bond donors (Lipinski definition) is 3. The van der Waals surface area contributed by atoms with Gasteiger partial charge >= 0.3 is 12.0 Å². The van der Waals surface area contributed by atoms with Gasteiger partial charge in [0.05, 0.1) is 5.92 Å². The molecular formula is C12H23N3O3. The first-order valence-corrected chi connectivity index (χ1v) is 6.49. The predicted octanol–water partition coefficient (Wildman–Crippen LogP) is 0.348. The standard InChI is InChI=1S/C12H23N3O3/c1-3-15-5-4-10(8-15)7-14-12(18)13-6-9(2)11(16)17/h9-10H,3-8H2,1-2H3,(H,16,17)(H2,13,14,18). The Hall–Kier alpha value is -1.30. The van der Waals surface area contributed by atoms with Gasteiger partial charge in [-0.15, -0.1) is 0 Å². The first-order chi connectivity index (χ1) is 8.52. The number of carbonyl (C=O) groups excluding carboxylic acids is 1. The summed E-state index contributed by atoms with van der Waals surface area (Å²) in [4.78, 5) is 24.4. The Kier molecular flexibility index (Phi) is 5.91. The van der Waals surface area contributed by atoms with Crippen LogP contribution >= 0.6 is 0 Å². The van der Waals surface area contributed by atoms with E-state index >= 15 is 0 Å². The van der Waals surface area contributed by atoms with E-state index in [0.717, 1.165) is 26.1 Å². The average molecular weight is 257 g/mol. The maximum Gasteiger partial charge on any atom is 0.314 e. The van der Waals surface area contributed by atoms with E-state index in [1.165, 1.54) is 0 Å². The summed E-state index contributed by atoms with van der Waals surface area (Å²) in [6.45, 7) is 7.70. The minimum atomic E-state index is -0.898. The smallest absolute Gasteiger partial charge is 0.314 e. The Morgan fingerprint density at radius 2 is 2.17 bits per heavy atom. The molecule has 18 heavy (non-hydrogen) atoms. The molecule has 0 saturated carbocycles. The first-order valence-electron chi connectivity index (χ1n) is 6.49. The van der Waals surface area contributed by atoms with Crippen LogP contribution in [-0.2, 0) is 4.79 Å². The van der Waals surface area contributed by atoms with Crippen LogP contribution < -0.4 is 10.6 Å². The van der Waals surface area contributed by atoms with E-state index in [1.807, 2.05) is 0 Å². The fourth-order valence-electron chi connectivity index (χ4n) is 2.00. The highest BCUT2D eigenvalue weighted by molar-refractivity contribution is 5.75. The lowest BCUT2D eigenvalue weighted by Gasteiger charge is -2.14. The Labute approximate surface area is 108 Å². The minimum absolute atomic E-state index is 0.160. The van der Waals surface area contributed by atoms with Crippen molar-refractivity contribution in [1.29, 1.82) is 0 Å². The third kappa shape index (κ3) is 4.91. The normalized spacial score (nSPS) is 21.6. The summed E-state index contributed by atoms with van der Waals surface area (Å²) >= 11 is 0. The molecule has 0 aromatic carbocycles. The van der Waals surface area contributed by atoms with Crippen molar-refractivity contribution in [2.45, 2.75) is 20.3 Å². The Morgan fingerprint density at radius 3 is 2.72 bits per heavy atom. The van der Waals surface area contributed by atoms with Crippen LogP contribution in [0.15, 0.2) is 0 Å². The van der Waals surface area contributed by atoms with E-state index in [1.54, 1.807) is 6.92 Å². The number of carboxylic acid groups (broad SMARTS) is 1. The minimum Gasteiger partial charge on any atom is -0.481 e. The second-order valence-corrected chi connectivity index (χ2v) is 4.88. The van der Waals surface area contributed by atoms with Gasteiger partial charge in [0.1, 0.15) is 0 Å². The first kappa shape index (κ1) is 14.8. The summed E-state index contributed by atoms with van der Waals surface area (Å²) < 4.78 is 0. The van der Waals surface area contributed by atoms with Crippen LogP contribution in [0.25, 0.3) is 0 Å². The second-order valence-electron chi connectivity index (χ2n) is 4.88. The molecule has 6 nitrogen and oxygen atoms in total. The van der Waals surface area contributed by atoms with E-state index < -0.39 is 11.9 Å². The van der Waals surface area contributed by atoms with Crippen molar-refractivity contribution in [3.05, 3.63) is 0 Å². The summed E-state index contributed by atoms with van der Waals surface area (Å²) in [5, 5.41) is 14.0. The van der Waals surface area contributed by atoms with Gasteiger partial charge in [-0.25, -0.2) is 4.79 Å². The Bertz CT molecular complexity index is 296. The third-order valence-corrected chi connectivity index (χ3v) is 3.36. The molecule has 0 bridgehead atoms. The number of rotatable bonds is 6. The molecule has 1 rings (SSSR count). The van der Waals surface area contributed by atoms with Gasteiger partial charge in [-0.2, -0.15) is 0 Å². The van der Waals surface area contributed by atoms with E-state index in [4.69, 9.17) is 5.11 Å². The van der Waals surface area contributed by atoms with Crippen LogP contribution in [0.3, 0.4) is 0 Å². The predicted molar refractivity (Wildman–Crippen MR) is 68.4 cm³/mol. The lowest BCUT2D eigenvalue weighted by atomic mass is 10.1. The number of carboxylic acids is 1. The van der Waals surface area contributed by atoms with Gasteiger partial charge in [0.25, 0.3) is 0 Å². The topological polar surface area (TPSA) is 81.7 Å². The maximum absolute atomic E-state index is 11.4. The van der Waals surface area contributed by atoms with Gasteiger partial charge in [-0.3, -0.25) is 4.79 Å². The highest BCUT2D eigenvalue weighted by atomic mass is 16.4. The lowest BCUT2D eigenvalue weighted by Crippen LogP contribution is -2.41. The van der Waals surface area contributed by atoms with Crippen molar-refractivity contribution in [2.75, 3.05) is 32.7 Å². The zero-order chi connectivity index (χ0) is 13.5. The summed E-state index contributed by atoms with van der Waals surface area (Å²) in [7, 11) is 0. The number of hydrogen-bond acceptors (Lipinski definition) is 3. The van der Waals surface area contributed by atoms with E-state index in [-0.39, 0.29) is 12.6 Å². The van der Waals surface area contributed by atoms with E-state index in [2.05, 4.69) is 22.5 Å². The van der Waals surface area contributed by atoms with Gasteiger partial charge in [0, 0.05) is 19.6 Å². The van der Waals surface area contributed by atoms with Crippen molar-refractivity contribution in [3.8, 4) is 0 Å². The van der Waals surface area contributed by atoms with Crippen molar-refractivity contribution in [2.24, 2.45) is 11.8 Å². The molecule has 3 N–H and O–H groups in total. The number of likely N-dealkylation sites (tertiary alicyclic amines) is 1. The Morgan fingerprint density at radius 1 is 1.44 bits per heavy atom. The summed E-state index contributed by atoms with van der Waals surface area (Å²) in [5.41, 5.74) is 0. The molecule has 1 aliphatic rings. The molecule has 1 saturated heterocycles. The third-order valence-electron chi connectivity index (χ3n) is 3.36. The largest absolute Gasteiger partial charge is 0.481 e. The van der Waals surface area contributed by atoms with Crippen molar-refractivity contribution in [3.63, 3.8) is 0 Å². The van der Waals surface area contributed by atoms with Gasteiger partial charge in [-0.05, 0) is 25.4 Å². The number of urea groups is 1. The number of carbonyl (C=O) groups is 2. The summed E-state index contributed by atoms with van der Waals surface area (Å²) in [6.07, 6.45) is 1.11. The highest BCUT2D eigenvalue weighted by Gasteiger charge is 2.21. The number of aliphatic carboxylic acids is 1. The average Bonchev–Trinajstić information content (AvgIpc) is 2.81. The van der Waals surface area contributed by atoms with Crippen LogP contribution in [0.2, 0.25) is 0 Å². The molecule has 0 aromatic heterocycles. The van der Waals surface area contributed by atoms with Crippen molar-refractivity contribution < 1.29 is 14.7 Å². The molecule has 1 fully saturated rings. The number of nitrogens with one attached hydrogen (secondary N) is 2. The van der Waals surface area contributed by atoms with Gasteiger partial charge in [0.2, 0.25) is 0 Å². The summed E-state index contributed by atoms with van der Waals surface area (Å²) in [5.74, 6) is -0.949. The molecule has 2 unspecified atom stereocenters. The van der Waals surface area contributed by atoms with Crippen LogP contribution in [0.4, 0.5) is 4.79 Å². The number of amides is 2. The van der Waals surface area contributed by atoms with Crippen molar-refractivity contribution in [1.82, 2.24) is 15.5 Å². The van der Waals surface area contributed by atoms with Crippen molar-refractivity contribution >= 4 is 12.0 Å². The molecule has 2 atom stereocenters. The highest BCUT2D eigenvalue weighted by Crippen LogP contribution is 2.14. The molecule has 2 amide bonds. The molecule has 104 valence electrons. The summed E-state index contributed by atoms with van der Waals surface area (Å²) in [6, 6.07) is -0.280. The lowest BCUT2D eigenvalue weighted by molar-refractivity contribution is -0.140. The monoisotopic (exact) mass is 257 g/mol. The van der Waals surface area contributed by atoms with Gasteiger partial charge in [0.15, 0.2) is 0 Å². The molecular weight excluding hydrogens is 234 g/mol. The molecule has 0 aliphatic carbocycles. The Balaban J connectivity index is 2.12. The quantitative estimate of drug-likeness (QED) is 0.641. The molecule has 1 aliphatic heterocycles. The SMILES string of the molecule is CCN1CCC(CNC(=O)NCC(C)C(=O)O)C1. The van der Waals surface area contributed by atoms with Gasteiger partial charge < -0.3 is 20.6 Å². The van der Waals surface area contributed by atoms with E-state index in [0.29, 0.717) is 12.5 Å². The fraction of sp³-hybridized carbons (Fsp3) is 0.833. The van der Waals surface area contributed by atoms with Crippen LogP contribution in [0.1, 0.15) is 20.3 Å². The molecule has 0 radical (unpaired) electrons. The van der Waals surface area contributed by atoms with E-state index in [9.17, 15) is 9.59 Å². The molecule has 1 heterocycles. The second kappa shape index (κ2) is 7.20. The molecule has 6 heteroatoms. The fourth-order valence-corrected chi connectivity index (χ4v) is 2.00. The zero-order valence-electron chi connectivity index (χ0n) is 11.1. The number of nitrogens with zero attached hydrogens (tertiary/aromatic N) is 1.